The zero-order chi connectivity index (χ0) is 13.8. The molecule has 0 unspecified atom stereocenters. The topological polar surface area (TPSA) is 20.3 Å². The third-order valence-corrected chi connectivity index (χ3v) is 3.18. The van der Waals surface area contributed by atoms with E-state index >= 15 is 0 Å². The van der Waals surface area contributed by atoms with E-state index in [4.69, 9.17) is 11.6 Å². The van der Waals surface area contributed by atoms with E-state index < -0.39 is 0 Å². The van der Waals surface area contributed by atoms with Crippen LogP contribution in [0, 0.1) is 5.82 Å². The molecule has 0 spiro atoms. The predicted octanol–water partition coefficient (Wildman–Crippen LogP) is 3.84. The van der Waals surface area contributed by atoms with Gasteiger partial charge < -0.3 is 4.90 Å². The van der Waals surface area contributed by atoms with E-state index in [1.807, 2.05) is 12.1 Å². The zero-order valence-electron chi connectivity index (χ0n) is 10.4. The minimum Gasteiger partial charge on any atom is -0.311 e. The summed E-state index contributed by atoms with van der Waals surface area (Å²) in [6.07, 6.45) is 0. The average molecular weight is 278 g/mol. The summed E-state index contributed by atoms with van der Waals surface area (Å²) in [5, 5.41) is 0. The molecule has 4 heteroatoms. The van der Waals surface area contributed by atoms with Crippen LogP contribution in [0.2, 0.25) is 0 Å². The second-order valence-corrected chi connectivity index (χ2v) is 4.44. The van der Waals surface area contributed by atoms with Crippen LogP contribution in [-0.4, -0.2) is 13.0 Å². The summed E-state index contributed by atoms with van der Waals surface area (Å²) in [5.41, 5.74) is 2.18. The molecule has 0 radical (unpaired) electrons. The van der Waals surface area contributed by atoms with E-state index in [2.05, 4.69) is 0 Å². The molecule has 0 atom stereocenters. The third-order valence-electron chi connectivity index (χ3n) is 2.87. The van der Waals surface area contributed by atoms with Gasteiger partial charge in [-0.2, -0.15) is 0 Å². The molecule has 19 heavy (non-hydrogen) atoms. The molecule has 2 aromatic carbocycles. The van der Waals surface area contributed by atoms with Gasteiger partial charge in [-0.15, -0.1) is 11.6 Å². The number of hydrogen-bond acceptors (Lipinski definition) is 1. The van der Waals surface area contributed by atoms with Gasteiger partial charge in [-0.3, -0.25) is 4.79 Å². The van der Waals surface area contributed by atoms with Crippen molar-refractivity contribution in [2.75, 3.05) is 11.9 Å². The SMILES string of the molecule is CN(C(=O)c1ccc(CCl)cc1)c1ccc(F)cc1. The maximum atomic E-state index is 12.8. The number of rotatable bonds is 3. The van der Waals surface area contributed by atoms with Gasteiger partial charge in [0, 0.05) is 24.2 Å². The fourth-order valence-electron chi connectivity index (χ4n) is 1.71. The average Bonchev–Trinajstić information content (AvgIpc) is 2.46. The molecule has 98 valence electrons. The van der Waals surface area contributed by atoms with Gasteiger partial charge in [-0.1, -0.05) is 12.1 Å². The van der Waals surface area contributed by atoms with Gasteiger partial charge in [0.25, 0.3) is 5.91 Å². The molecule has 0 aliphatic heterocycles. The van der Waals surface area contributed by atoms with Gasteiger partial charge in [-0.05, 0) is 42.0 Å². The lowest BCUT2D eigenvalue weighted by molar-refractivity contribution is 0.0993. The van der Waals surface area contributed by atoms with E-state index in [1.165, 1.54) is 17.0 Å². The van der Waals surface area contributed by atoms with Crippen molar-refractivity contribution in [1.82, 2.24) is 0 Å². The molecule has 0 aliphatic carbocycles. The van der Waals surface area contributed by atoms with Crippen molar-refractivity contribution in [1.29, 1.82) is 0 Å². The lowest BCUT2D eigenvalue weighted by Crippen LogP contribution is -2.26. The third kappa shape index (κ3) is 3.12. The lowest BCUT2D eigenvalue weighted by atomic mass is 10.1. The van der Waals surface area contributed by atoms with Crippen molar-refractivity contribution in [3.05, 3.63) is 65.5 Å². The Hall–Kier alpha value is -1.87. The first kappa shape index (κ1) is 13.6. The van der Waals surface area contributed by atoms with Gasteiger partial charge in [0.1, 0.15) is 5.82 Å². The first-order valence-electron chi connectivity index (χ1n) is 5.80. The first-order chi connectivity index (χ1) is 9.11. The molecule has 1 amide bonds. The van der Waals surface area contributed by atoms with Crippen LogP contribution in [0.1, 0.15) is 15.9 Å². The molecule has 2 nitrogen and oxygen atoms in total. The number of anilines is 1. The predicted molar refractivity (Wildman–Crippen MR) is 75.1 cm³/mol. The second-order valence-electron chi connectivity index (χ2n) is 4.17. The minimum absolute atomic E-state index is 0.146. The lowest BCUT2D eigenvalue weighted by Gasteiger charge is -2.17. The Morgan fingerprint density at radius 3 is 2.21 bits per heavy atom. The van der Waals surface area contributed by atoms with Gasteiger partial charge in [-0.25, -0.2) is 4.39 Å². The molecule has 0 aliphatic rings. The molecule has 0 aromatic heterocycles. The van der Waals surface area contributed by atoms with E-state index in [-0.39, 0.29) is 11.7 Å². The Labute approximate surface area is 116 Å². The highest BCUT2D eigenvalue weighted by molar-refractivity contribution is 6.17. The van der Waals surface area contributed by atoms with Crippen molar-refractivity contribution < 1.29 is 9.18 Å². The van der Waals surface area contributed by atoms with Crippen LogP contribution >= 0.6 is 11.6 Å². The smallest absolute Gasteiger partial charge is 0.258 e. The van der Waals surface area contributed by atoms with Crippen molar-refractivity contribution >= 4 is 23.2 Å². The molecule has 0 saturated carbocycles. The fourth-order valence-corrected chi connectivity index (χ4v) is 1.89. The van der Waals surface area contributed by atoms with Crippen LogP contribution in [0.15, 0.2) is 48.5 Å². The minimum atomic E-state index is -0.323. The monoisotopic (exact) mass is 277 g/mol. The van der Waals surface area contributed by atoms with Crippen molar-refractivity contribution in [2.45, 2.75) is 5.88 Å². The Kier molecular flexibility index (Phi) is 4.17. The Morgan fingerprint density at radius 1 is 1.11 bits per heavy atom. The summed E-state index contributed by atoms with van der Waals surface area (Å²) >= 11 is 5.70. The van der Waals surface area contributed by atoms with Crippen LogP contribution in [0.25, 0.3) is 0 Å². The fraction of sp³-hybridized carbons (Fsp3) is 0.133. The summed E-state index contributed by atoms with van der Waals surface area (Å²) in [6, 6.07) is 12.9. The van der Waals surface area contributed by atoms with Crippen LogP contribution in [-0.2, 0) is 5.88 Å². The van der Waals surface area contributed by atoms with Gasteiger partial charge in [0.15, 0.2) is 0 Å². The van der Waals surface area contributed by atoms with E-state index in [0.29, 0.717) is 17.1 Å². The molecular formula is C15H13ClFNO. The van der Waals surface area contributed by atoms with Gasteiger partial charge in [0.2, 0.25) is 0 Å². The number of nitrogens with zero attached hydrogens (tertiary/aromatic N) is 1. The number of hydrogen-bond donors (Lipinski definition) is 0. The highest BCUT2D eigenvalue weighted by atomic mass is 35.5. The molecule has 0 fully saturated rings. The summed E-state index contributed by atoms with van der Waals surface area (Å²) in [4.78, 5) is 13.7. The van der Waals surface area contributed by atoms with E-state index in [9.17, 15) is 9.18 Å². The molecule has 0 N–H and O–H groups in total. The standard InChI is InChI=1S/C15H13ClFNO/c1-18(14-8-6-13(17)7-9-14)15(19)12-4-2-11(10-16)3-5-12/h2-9H,10H2,1H3. The molecule has 2 aromatic rings. The van der Waals surface area contributed by atoms with Crippen molar-refractivity contribution in [3.8, 4) is 0 Å². The highest BCUT2D eigenvalue weighted by Crippen LogP contribution is 2.16. The van der Waals surface area contributed by atoms with Crippen LogP contribution in [0.5, 0.6) is 0 Å². The van der Waals surface area contributed by atoms with Gasteiger partial charge in [0.05, 0.1) is 0 Å². The number of carbonyl (C=O) groups is 1. The molecule has 0 heterocycles. The maximum absolute atomic E-state index is 12.8. The Balaban J connectivity index is 2.20. The second kappa shape index (κ2) is 5.85. The van der Waals surface area contributed by atoms with Crippen LogP contribution < -0.4 is 4.90 Å². The normalized spacial score (nSPS) is 10.3. The van der Waals surface area contributed by atoms with Crippen molar-refractivity contribution in [3.63, 3.8) is 0 Å². The first-order valence-corrected chi connectivity index (χ1v) is 6.34. The van der Waals surface area contributed by atoms with E-state index in [1.54, 1.807) is 31.3 Å². The summed E-state index contributed by atoms with van der Waals surface area (Å²) in [7, 11) is 1.66. The number of alkyl halides is 1. The van der Waals surface area contributed by atoms with Gasteiger partial charge >= 0.3 is 0 Å². The molecular weight excluding hydrogens is 265 g/mol. The Morgan fingerprint density at radius 2 is 1.68 bits per heavy atom. The number of amides is 1. The molecule has 2 rings (SSSR count). The Bertz CT molecular complexity index is 566. The number of halogens is 2. The van der Waals surface area contributed by atoms with Crippen LogP contribution in [0.3, 0.4) is 0 Å². The van der Waals surface area contributed by atoms with Crippen molar-refractivity contribution in [2.24, 2.45) is 0 Å². The number of carbonyl (C=O) groups excluding carboxylic acids is 1. The zero-order valence-corrected chi connectivity index (χ0v) is 11.2. The highest BCUT2D eigenvalue weighted by Gasteiger charge is 2.13. The summed E-state index contributed by atoms with van der Waals surface area (Å²) in [5.74, 6) is -0.0498. The quantitative estimate of drug-likeness (QED) is 0.781. The van der Waals surface area contributed by atoms with E-state index in [0.717, 1.165) is 5.56 Å². The molecule has 0 bridgehead atoms. The van der Waals surface area contributed by atoms with Crippen LogP contribution in [0.4, 0.5) is 10.1 Å². The largest absolute Gasteiger partial charge is 0.311 e. The maximum Gasteiger partial charge on any atom is 0.258 e. The number of benzene rings is 2. The summed E-state index contributed by atoms with van der Waals surface area (Å²) in [6.45, 7) is 0. The summed E-state index contributed by atoms with van der Waals surface area (Å²) < 4.78 is 12.8. The molecule has 0 saturated heterocycles.